The summed E-state index contributed by atoms with van der Waals surface area (Å²) < 4.78 is 28.2. The molecule has 0 unspecified atom stereocenters. The van der Waals surface area contributed by atoms with Crippen molar-refractivity contribution in [2.24, 2.45) is 5.41 Å². The molecular formula is C41H50F2N2O4. The third kappa shape index (κ3) is 7.97. The maximum Gasteiger partial charge on any atom is 0.317 e. The van der Waals surface area contributed by atoms with Crippen molar-refractivity contribution in [3.05, 3.63) is 118 Å². The first-order valence-corrected chi connectivity index (χ1v) is 17.6. The van der Waals surface area contributed by atoms with E-state index in [-0.39, 0.29) is 30.1 Å². The van der Waals surface area contributed by atoms with Crippen molar-refractivity contribution in [1.82, 2.24) is 10.2 Å². The van der Waals surface area contributed by atoms with E-state index in [4.69, 9.17) is 0 Å². The smallest absolute Gasteiger partial charge is 0.317 e. The number of aliphatic hydroxyl groups is 2. The molecule has 0 heterocycles. The number of carbonyl (C=O) groups is 2. The van der Waals surface area contributed by atoms with Crippen LogP contribution >= 0.6 is 0 Å². The second kappa shape index (κ2) is 15.3. The molecule has 8 heteroatoms. The summed E-state index contributed by atoms with van der Waals surface area (Å²) >= 11 is 0. The second-order valence-corrected chi connectivity index (χ2v) is 14.4. The lowest BCUT2D eigenvalue weighted by Gasteiger charge is -2.46. The molecule has 2 bridgehead atoms. The average Bonchev–Trinajstić information content (AvgIpc) is 3.33. The number of amides is 2. The number of nitrogens with one attached hydrogen (secondary N) is 1. The number of ketones is 1. The first kappa shape index (κ1) is 36.4. The van der Waals surface area contributed by atoms with Crippen LogP contribution in [-0.2, 0) is 6.42 Å². The Balaban J connectivity index is 1.55. The number of aliphatic hydroxyl groups excluding tert-OH is 1. The fourth-order valence-electron chi connectivity index (χ4n) is 7.93. The zero-order valence-corrected chi connectivity index (χ0v) is 29.1. The number of urea groups is 1. The van der Waals surface area contributed by atoms with Crippen LogP contribution in [0.25, 0.3) is 0 Å². The summed E-state index contributed by atoms with van der Waals surface area (Å²) in [5.74, 6) is -2.84. The van der Waals surface area contributed by atoms with Crippen LogP contribution in [-0.4, -0.2) is 51.7 Å². The van der Waals surface area contributed by atoms with Gasteiger partial charge in [-0.15, -0.1) is 0 Å². The van der Waals surface area contributed by atoms with Crippen LogP contribution in [0.1, 0.15) is 117 Å². The Hall–Kier alpha value is -3.88. The number of allylic oxidation sites excluding steroid dienone is 2. The zero-order valence-electron chi connectivity index (χ0n) is 29.1. The molecule has 1 fully saturated rings. The van der Waals surface area contributed by atoms with Gasteiger partial charge in [0.15, 0.2) is 17.4 Å². The Morgan fingerprint density at radius 1 is 1.02 bits per heavy atom. The highest BCUT2D eigenvalue weighted by molar-refractivity contribution is 6.10. The van der Waals surface area contributed by atoms with E-state index in [2.05, 4.69) is 25.2 Å². The molecule has 262 valence electrons. The Morgan fingerprint density at radius 3 is 2.49 bits per heavy atom. The number of hydrogen-bond donors (Lipinski definition) is 3. The van der Waals surface area contributed by atoms with E-state index < -0.39 is 34.5 Å². The van der Waals surface area contributed by atoms with E-state index in [1.807, 2.05) is 56.3 Å². The first-order valence-electron chi connectivity index (χ1n) is 17.6. The van der Waals surface area contributed by atoms with Crippen LogP contribution < -0.4 is 5.32 Å². The molecule has 6 nitrogen and oxygen atoms in total. The summed E-state index contributed by atoms with van der Waals surface area (Å²) in [6, 6.07) is 18.1. The second-order valence-electron chi connectivity index (χ2n) is 14.4. The first-order chi connectivity index (χ1) is 23.3. The summed E-state index contributed by atoms with van der Waals surface area (Å²) in [5, 5.41) is 26.7. The van der Waals surface area contributed by atoms with Crippen LogP contribution in [0.5, 0.6) is 0 Å². The van der Waals surface area contributed by atoms with Crippen LogP contribution in [0.4, 0.5) is 13.6 Å². The van der Waals surface area contributed by atoms with Gasteiger partial charge in [0.05, 0.1) is 24.3 Å². The van der Waals surface area contributed by atoms with Crippen molar-refractivity contribution in [1.29, 1.82) is 0 Å². The van der Waals surface area contributed by atoms with Crippen LogP contribution in [0.3, 0.4) is 0 Å². The van der Waals surface area contributed by atoms with Crippen molar-refractivity contribution < 1.29 is 28.6 Å². The fourth-order valence-corrected chi connectivity index (χ4v) is 7.93. The van der Waals surface area contributed by atoms with Gasteiger partial charge in [-0.3, -0.25) is 4.79 Å². The lowest BCUT2D eigenvalue weighted by atomic mass is 9.64. The summed E-state index contributed by atoms with van der Waals surface area (Å²) in [6.45, 7) is 8.67. The van der Waals surface area contributed by atoms with Crippen molar-refractivity contribution >= 4 is 11.8 Å². The lowest BCUT2D eigenvalue weighted by molar-refractivity contribution is -0.0770. The molecule has 3 N–H and O–H groups in total. The van der Waals surface area contributed by atoms with Crippen molar-refractivity contribution in [2.75, 3.05) is 13.1 Å². The van der Waals surface area contributed by atoms with Gasteiger partial charge in [-0.05, 0) is 112 Å². The van der Waals surface area contributed by atoms with E-state index in [1.54, 1.807) is 11.0 Å². The highest BCUT2D eigenvalue weighted by atomic mass is 19.2. The standard InChI is InChI=1S/C41H50F2N2O4/c1-5-22-45(39(48)44-28(3)30-11-7-6-8-12-30)26-41(49)21-19-35-33-17-14-29(23-32(46)16-13-27(2)10-9-20-40(35,41)4)24-34(33)38(47)31-15-18-36(42)37(43)25-31/h6-8,10-12,14-15,17-18,24-25,28,32,35,46,49H,5,9,13,16,19-23,26H2,1-4H3,(H,44,48)/t28-,32+,35+,40+,41-/m1/s1. The quantitative estimate of drug-likeness (QED) is 0.166. The number of halogens is 2. The topological polar surface area (TPSA) is 89.9 Å². The van der Waals surface area contributed by atoms with E-state index in [9.17, 15) is 28.6 Å². The van der Waals surface area contributed by atoms with Crippen molar-refractivity contribution in [2.45, 2.75) is 103 Å². The average molecular weight is 673 g/mol. The van der Waals surface area contributed by atoms with E-state index in [0.717, 1.165) is 28.8 Å². The van der Waals surface area contributed by atoms with Crippen molar-refractivity contribution in [3.8, 4) is 0 Å². The Kier molecular flexibility index (Phi) is 11.4. The summed E-state index contributed by atoms with van der Waals surface area (Å²) in [4.78, 5) is 29.6. The Labute approximate surface area is 289 Å². The monoisotopic (exact) mass is 672 g/mol. The van der Waals surface area contributed by atoms with Gasteiger partial charge in [-0.25, -0.2) is 13.6 Å². The molecule has 3 aliphatic carbocycles. The van der Waals surface area contributed by atoms with Gasteiger partial charge < -0.3 is 20.4 Å². The van der Waals surface area contributed by atoms with Gasteiger partial charge in [0.2, 0.25) is 0 Å². The number of nitrogens with zero attached hydrogens (tertiary/aromatic N) is 1. The molecule has 1 saturated carbocycles. The largest absolute Gasteiger partial charge is 0.393 e. The minimum absolute atomic E-state index is 0.0332. The molecule has 0 spiro atoms. The zero-order chi connectivity index (χ0) is 35.3. The third-order valence-electron chi connectivity index (χ3n) is 11.0. The predicted molar refractivity (Wildman–Crippen MR) is 188 cm³/mol. The number of carbonyl (C=O) groups excluding carboxylic acids is 2. The minimum Gasteiger partial charge on any atom is -0.393 e. The highest BCUT2D eigenvalue weighted by Gasteiger charge is 2.57. The lowest BCUT2D eigenvalue weighted by Crippen LogP contribution is -2.55. The fraction of sp³-hybridized carbons (Fsp3) is 0.463. The Bertz CT molecular complexity index is 1680. The van der Waals surface area contributed by atoms with Crippen LogP contribution in [0.15, 0.2) is 78.4 Å². The van der Waals surface area contributed by atoms with E-state index >= 15 is 0 Å². The highest BCUT2D eigenvalue weighted by Crippen LogP contribution is 2.59. The molecule has 0 aromatic heterocycles. The molecule has 6 rings (SSSR count). The van der Waals surface area contributed by atoms with Gasteiger partial charge in [0, 0.05) is 23.1 Å². The molecule has 3 aromatic carbocycles. The maximum atomic E-state index is 14.3. The molecule has 2 amide bonds. The van der Waals surface area contributed by atoms with Crippen LogP contribution in [0, 0.1) is 17.0 Å². The van der Waals surface area contributed by atoms with Gasteiger partial charge in [-0.2, -0.15) is 0 Å². The van der Waals surface area contributed by atoms with E-state index in [1.165, 1.54) is 11.6 Å². The molecule has 49 heavy (non-hydrogen) atoms. The molecular weight excluding hydrogens is 622 g/mol. The molecule has 0 saturated heterocycles. The number of benzene rings is 3. The summed E-state index contributed by atoms with van der Waals surface area (Å²) in [6.07, 6.45) is 6.15. The number of rotatable bonds is 8. The molecule has 0 aliphatic heterocycles. The Morgan fingerprint density at radius 2 is 1.78 bits per heavy atom. The van der Waals surface area contributed by atoms with E-state index in [0.29, 0.717) is 63.5 Å². The van der Waals surface area contributed by atoms with Gasteiger partial charge in [-0.1, -0.05) is 68.0 Å². The van der Waals surface area contributed by atoms with Crippen LogP contribution in [0.2, 0.25) is 0 Å². The summed E-state index contributed by atoms with van der Waals surface area (Å²) in [5.41, 5.74) is 2.02. The summed E-state index contributed by atoms with van der Waals surface area (Å²) in [7, 11) is 0. The van der Waals surface area contributed by atoms with Gasteiger partial charge in [0.25, 0.3) is 0 Å². The number of fused-ring (bicyclic) bond motifs is 8. The molecule has 3 aromatic rings. The predicted octanol–water partition coefficient (Wildman–Crippen LogP) is 8.42. The third-order valence-corrected chi connectivity index (χ3v) is 11.0. The SMILES string of the molecule is CCCN(C[C@]1(O)CC[C@H]2c3ccc(cc3C(=O)c3ccc(F)c(F)c3)C[C@@H](O)CCC(C)=CCC[C@@]21C)C(=O)N[C@H](C)c1ccccc1. The molecule has 5 atom stereocenters. The minimum atomic E-state index is -1.28. The normalized spacial score (nSPS) is 24.8. The maximum absolute atomic E-state index is 14.3. The van der Waals surface area contributed by atoms with Crippen molar-refractivity contribution in [3.63, 3.8) is 0 Å². The molecule has 0 radical (unpaired) electrons. The number of hydrogen-bond acceptors (Lipinski definition) is 4. The van der Waals surface area contributed by atoms with Gasteiger partial charge >= 0.3 is 6.03 Å². The van der Waals surface area contributed by atoms with Gasteiger partial charge in [0.1, 0.15) is 0 Å². The molecule has 3 aliphatic rings.